The van der Waals surface area contributed by atoms with Crippen LogP contribution in [0.1, 0.15) is 49.8 Å². The molecule has 4 nitrogen and oxygen atoms in total. The number of hydrogen-bond acceptors (Lipinski definition) is 4. The fourth-order valence-corrected chi connectivity index (χ4v) is 3.36. The van der Waals surface area contributed by atoms with Crippen molar-refractivity contribution in [2.24, 2.45) is 0 Å². The zero-order valence-corrected chi connectivity index (χ0v) is 14.9. The van der Waals surface area contributed by atoms with Crippen molar-refractivity contribution < 1.29 is 4.39 Å². The lowest BCUT2D eigenvalue weighted by Gasteiger charge is -2.17. The van der Waals surface area contributed by atoms with E-state index in [1.807, 2.05) is 25.1 Å². The minimum Gasteiger partial charge on any atom is -0.370 e. The van der Waals surface area contributed by atoms with Gasteiger partial charge in [0.2, 0.25) is 5.95 Å². The molecule has 1 fully saturated rings. The molecule has 0 unspecified atom stereocenters. The van der Waals surface area contributed by atoms with Crippen LogP contribution in [0.15, 0.2) is 30.3 Å². The summed E-state index contributed by atoms with van der Waals surface area (Å²) in [7, 11) is 0. The summed E-state index contributed by atoms with van der Waals surface area (Å²) < 4.78 is 13.7. The first-order valence-corrected chi connectivity index (χ1v) is 9.30. The van der Waals surface area contributed by atoms with Crippen molar-refractivity contribution in [3.05, 3.63) is 47.4 Å². The highest BCUT2D eigenvalue weighted by atomic mass is 19.1. The third-order valence-electron chi connectivity index (χ3n) is 4.70. The maximum Gasteiger partial charge on any atom is 0.225 e. The van der Waals surface area contributed by atoms with Gasteiger partial charge >= 0.3 is 0 Å². The van der Waals surface area contributed by atoms with E-state index in [1.54, 1.807) is 6.07 Å². The molecular formula is C20H27FN4. The molecule has 1 aromatic heterocycles. The average Bonchev–Trinajstić information content (AvgIpc) is 2.85. The Morgan fingerprint density at radius 3 is 2.60 bits per heavy atom. The van der Waals surface area contributed by atoms with Crippen LogP contribution < -0.4 is 10.6 Å². The Morgan fingerprint density at radius 2 is 1.84 bits per heavy atom. The molecule has 3 rings (SSSR count). The number of aromatic nitrogens is 2. The van der Waals surface area contributed by atoms with E-state index in [4.69, 9.17) is 0 Å². The van der Waals surface area contributed by atoms with Gasteiger partial charge in [0.15, 0.2) is 0 Å². The second kappa shape index (κ2) is 8.79. The topological polar surface area (TPSA) is 49.8 Å². The Kier molecular flexibility index (Phi) is 6.20. The van der Waals surface area contributed by atoms with Crippen LogP contribution in [0.4, 0.5) is 16.2 Å². The van der Waals surface area contributed by atoms with Gasteiger partial charge in [-0.3, -0.25) is 0 Å². The minimum absolute atomic E-state index is 0.154. The third kappa shape index (κ3) is 5.41. The molecule has 0 radical (unpaired) electrons. The molecule has 25 heavy (non-hydrogen) atoms. The number of rotatable bonds is 6. The summed E-state index contributed by atoms with van der Waals surface area (Å²) in [6.45, 7) is 2.61. The van der Waals surface area contributed by atoms with Crippen LogP contribution in [-0.4, -0.2) is 22.6 Å². The Hall–Kier alpha value is -2.17. The highest BCUT2D eigenvalue weighted by Gasteiger charge is 2.13. The summed E-state index contributed by atoms with van der Waals surface area (Å²) in [5, 5.41) is 6.79. The SMILES string of the molecule is Cc1cc(NCCc2ccccc2F)nc(NC2CCCCCC2)n1. The van der Waals surface area contributed by atoms with Gasteiger partial charge in [-0.25, -0.2) is 9.37 Å². The van der Waals surface area contributed by atoms with Gasteiger partial charge < -0.3 is 10.6 Å². The Bertz CT molecular complexity index is 681. The van der Waals surface area contributed by atoms with Gasteiger partial charge in [-0.05, 0) is 37.8 Å². The summed E-state index contributed by atoms with van der Waals surface area (Å²) in [6.07, 6.45) is 8.21. The highest BCUT2D eigenvalue weighted by molar-refractivity contribution is 5.42. The van der Waals surface area contributed by atoms with E-state index in [0.717, 1.165) is 17.1 Å². The van der Waals surface area contributed by atoms with Gasteiger partial charge in [-0.2, -0.15) is 4.98 Å². The first-order valence-electron chi connectivity index (χ1n) is 9.30. The quantitative estimate of drug-likeness (QED) is 0.746. The van der Waals surface area contributed by atoms with Crippen molar-refractivity contribution in [3.8, 4) is 0 Å². The lowest BCUT2D eigenvalue weighted by atomic mass is 10.1. The molecule has 134 valence electrons. The molecule has 5 heteroatoms. The lowest BCUT2D eigenvalue weighted by Crippen LogP contribution is -2.20. The Balaban J connectivity index is 1.58. The molecule has 0 spiro atoms. The second-order valence-electron chi connectivity index (χ2n) is 6.82. The summed E-state index contributed by atoms with van der Waals surface area (Å²) >= 11 is 0. The molecule has 2 aromatic rings. The fourth-order valence-electron chi connectivity index (χ4n) is 3.36. The van der Waals surface area contributed by atoms with Crippen molar-refractivity contribution in [2.75, 3.05) is 17.2 Å². The van der Waals surface area contributed by atoms with Gasteiger partial charge in [-0.1, -0.05) is 43.9 Å². The van der Waals surface area contributed by atoms with Crippen LogP contribution in [-0.2, 0) is 6.42 Å². The maximum absolute atomic E-state index is 13.7. The van der Waals surface area contributed by atoms with E-state index in [2.05, 4.69) is 20.6 Å². The van der Waals surface area contributed by atoms with E-state index < -0.39 is 0 Å². The first-order chi connectivity index (χ1) is 12.2. The van der Waals surface area contributed by atoms with Gasteiger partial charge in [0.25, 0.3) is 0 Å². The van der Waals surface area contributed by atoms with E-state index in [9.17, 15) is 4.39 Å². The van der Waals surface area contributed by atoms with Gasteiger partial charge in [-0.15, -0.1) is 0 Å². The molecule has 1 aromatic carbocycles. The van der Waals surface area contributed by atoms with E-state index in [1.165, 1.54) is 44.6 Å². The average molecular weight is 342 g/mol. The molecule has 1 saturated carbocycles. The van der Waals surface area contributed by atoms with Crippen LogP contribution in [0, 0.1) is 12.7 Å². The van der Waals surface area contributed by atoms with Crippen LogP contribution in [0.5, 0.6) is 0 Å². The smallest absolute Gasteiger partial charge is 0.225 e. The van der Waals surface area contributed by atoms with E-state index in [-0.39, 0.29) is 5.82 Å². The largest absolute Gasteiger partial charge is 0.370 e. The maximum atomic E-state index is 13.7. The molecule has 1 heterocycles. The summed E-state index contributed by atoms with van der Waals surface area (Å²) in [6, 6.07) is 9.29. The zero-order valence-electron chi connectivity index (χ0n) is 14.9. The normalized spacial score (nSPS) is 15.6. The number of halogens is 1. The first kappa shape index (κ1) is 17.6. The molecule has 0 bridgehead atoms. The van der Waals surface area contributed by atoms with Crippen LogP contribution in [0.25, 0.3) is 0 Å². The highest BCUT2D eigenvalue weighted by Crippen LogP contribution is 2.20. The second-order valence-corrected chi connectivity index (χ2v) is 6.82. The van der Waals surface area contributed by atoms with Crippen molar-refractivity contribution in [1.82, 2.24) is 9.97 Å². The van der Waals surface area contributed by atoms with E-state index in [0.29, 0.717) is 25.0 Å². The molecule has 0 atom stereocenters. The minimum atomic E-state index is -0.154. The molecule has 2 N–H and O–H groups in total. The van der Waals surface area contributed by atoms with Crippen LogP contribution in [0.3, 0.4) is 0 Å². The fraction of sp³-hybridized carbons (Fsp3) is 0.500. The summed E-state index contributed by atoms with van der Waals surface area (Å²) in [4.78, 5) is 9.10. The Morgan fingerprint density at radius 1 is 1.08 bits per heavy atom. The molecule has 0 aliphatic heterocycles. The van der Waals surface area contributed by atoms with E-state index >= 15 is 0 Å². The molecule has 1 aliphatic rings. The molecule has 0 saturated heterocycles. The van der Waals surface area contributed by atoms with Crippen LogP contribution in [0.2, 0.25) is 0 Å². The van der Waals surface area contributed by atoms with Crippen molar-refractivity contribution in [2.45, 2.75) is 57.9 Å². The standard InChI is InChI=1S/C20H27FN4/c1-15-14-19(22-13-12-16-8-6-7-11-18(16)21)25-20(23-15)24-17-9-4-2-3-5-10-17/h6-8,11,14,17H,2-5,9-10,12-13H2,1H3,(H2,22,23,24,25). The van der Waals surface area contributed by atoms with Gasteiger partial charge in [0, 0.05) is 24.3 Å². The van der Waals surface area contributed by atoms with Gasteiger partial charge in [0.1, 0.15) is 11.6 Å². The predicted octanol–water partition coefficient (Wildman–Crippen LogP) is 4.71. The predicted molar refractivity (Wildman–Crippen MR) is 100 cm³/mol. The monoisotopic (exact) mass is 342 g/mol. The van der Waals surface area contributed by atoms with Crippen LogP contribution >= 0.6 is 0 Å². The van der Waals surface area contributed by atoms with Crippen molar-refractivity contribution in [1.29, 1.82) is 0 Å². The number of benzene rings is 1. The van der Waals surface area contributed by atoms with Crippen molar-refractivity contribution in [3.63, 3.8) is 0 Å². The number of nitrogens with one attached hydrogen (secondary N) is 2. The lowest BCUT2D eigenvalue weighted by molar-refractivity contribution is 0.610. The number of nitrogens with zero attached hydrogens (tertiary/aromatic N) is 2. The third-order valence-corrected chi connectivity index (χ3v) is 4.70. The van der Waals surface area contributed by atoms with Gasteiger partial charge in [0.05, 0.1) is 0 Å². The molecule has 0 amide bonds. The molecular weight excluding hydrogens is 315 g/mol. The number of hydrogen-bond donors (Lipinski definition) is 2. The Labute approximate surface area is 149 Å². The number of aryl methyl sites for hydroxylation is 1. The van der Waals surface area contributed by atoms with Crippen molar-refractivity contribution >= 4 is 11.8 Å². The summed E-state index contributed by atoms with van der Waals surface area (Å²) in [5.74, 6) is 1.33. The number of anilines is 2. The zero-order chi connectivity index (χ0) is 17.5. The molecule has 1 aliphatic carbocycles. The summed E-state index contributed by atoms with van der Waals surface area (Å²) in [5.41, 5.74) is 1.65.